The first-order chi connectivity index (χ1) is 9.72. The SMILES string of the molecule is COCCN(CCOC)C(=O)c1ccc(CC#N)cc1. The molecule has 1 amide bonds. The smallest absolute Gasteiger partial charge is 0.254 e. The van der Waals surface area contributed by atoms with Crippen LogP contribution in [0.4, 0.5) is 0 Å². The van der Waals surface area contributed by atoms with E-state index in [1.54, 1.807) is 43.4 Å². The maximum Gasteiger partial charge on any atom is 0.254 e. The molecule has 1 aromatic carbocycles. The monoisotopic (exact) mass is 276 g/mol. The van der Waals surface area contributed by atoms with Crippen molar-refractivity contribution in [2.24, 2.45) is 0 Å². The van der Waals surface area contributed by atoms with Crippen molar-refractivity contribution in [2.45, 2.75) is 6.42 Å². The van der Waals surface area contributed by atoms with Gasteiger partial charge in [-0.3, -0.25) is 4.79 Å². The van der Waals surface area contributed by atoms with Gasteiger partial charge >= 0.3 is 0 Å². The minimum atomic E-state index is -0.0531. The fourth-order valence-electron chi connectivity index (χ4n) is 1.76. The van der Waals surface area contributed by atoms with Crippen molar-refractivity contribution in [3.05, 3.63) is 35.4 Å². The molecule has 20 heavy (non-hydrogen) atoms. The van der Waals surface area contributed by atoms with Gasteiger partial charge in [-0.25, -0.2) is 0 Å². The number of hydrogen-bond donors (Lipinski definition) is 0. The lowest BCUT2D eigenvalue weighted by Crippen LogP contribution is -2.36. The Morgan fingerprint density at radius 2 is 1.70 bits per heavy atom. The Hall–Kier alpha value is -1.90. The molecule has 1 aromatic rings. The van der Waals surface area contributed by atoms with Gasteiger partial charge in [0.2, 0.25) is 0 Å². The normalized spacial score (nSPS) is 10.1. The number of rotatable bonds is 8. The molecule has 1 rings (SSSR count). The van der Waals surface area contributed by atoms with Crippen LogP contribution in [0.2, 0.25) is 0 Å². The first-order valence-corrected chi connectivity index (χ1v) is 6.46. The minimum Gasteiger partial charge on any atom is -0.383 e. The van der Waals surface area contributed by atoms with Crippen molar-refractivity contribution in [2.75, 3.05) is 40.5 Å². The van der Waals surface area contributed by atoms with E-state index in [0.717, 1.165) is 5.56 Å². The Morgan fingerprint density at radius 1 is 1.15 bits per heavy atom. The molecule has 0 bridgehead atoms. The number of amides is 1. The zero-order valence-corrected chi connectivity index (χ0v) is 12.0. The standard InChI is InChI=1S/C15H20N2O3/c1-19-11-9-17(10-12-20-2)15(18)14-5-3-13(4-6-14)7-8-16/h3-6H,7,9-12H2,1-2H3. The summed E-state index contributed by atoms with van der Waals surface area (Å²) in [5.41, 5.74) is 1.52. The van der Waals surface area contributed by atoms with E-state index >= 15 is 0 Å². The number of ether oxygens (including phenoxy) is 2. The van der Waals surface area contributed by atoms with Crippen molar-refractivity contribution in [3.8, 4) is 6.07 Å². The van der Waals surface area contributed by atoms with Crippen molar-refractivity contribution in [1.29, 1.82) is 5.26 Å². The molecule has 0 spiro atoms. The molecule has 0 saturated heterocycles. The van der Waals surface area contributed by atoms with Gasteiger partial charge in [-0.1, -0.05) is 12.1 Å². The second-order valence-corrected chi connectivity index (χ2v) is 4.31. The fourth-order valence-corrected chi connectivity index (χ4v) is 1.76. The first kappa shape index (κ1) is 16.2. The van der Waals surface area contributed by atoms with E-state index in [9.17, 15) is 4.79 Å². The summed E-state index contributed by atoms with van der Waals surface area (Å²) in [6, 6.07) is 9.20. The van der Waals surface area contributed by atoms with Gasteiger partial charge in [0, 0.05) is 32.9 Å². The van der Waals surface area contributed by atoms with Crippen molar-refractivity contribution < 1.29 is 14.3 Å². The maximum absolute atomic E-state index is 12.4. The largest absolute Gasteiger partial charge is 0.383 e. The Bertz CT molecular complexity index is 443. The van der Waals surface area contributed by atoms with E-state index in [0.29, 0.717) is 38.3 Å². The van der Waals surface area contributed by atoms with Crippen LogP contribution >= 0.6 is 0 Å². The van der Waals surface area contributed by atoms with Crippen LogP contribution in [0.15, 0.2) is 24.3 Å². The third kappa shape index (κ3) is 5.00. The molecule has 108 valence electrons. The molecule has 0 aliphatic heterocycles. The highest BCUT2D eigenvalue weighted by atomic mass is 16.5. The van der Waals surface area contributed by atoms with Crippen LogP contribution in [0.25, 0.3) is 0 Å². The molecule has 0 radical (unpaired) electrons. The second-order valence-electron chi connectivity index (χ2n) is 4.31. The zero-order valence-electron chi connectivity index (χ0n) is 12.0. The first-order valence-electron chi connectivity index (χ1n) is 6.46. The number of nitrogens with zero attached hydrogens (tertiary/aromatic N) is 2. The maximum atomic E-state index is 12.4. The topological polar surface area (TPSA) is 62.6 Å². The third-order valence-electron chi connectivity index (χ3n) is 2.90. The average molecular weight is 276 g/mol. The van der Waals surface area contributed by atoms with E-state index in [1.165, 1.54) is 0 Å². The number of nitriles is 1. The van der Waals surface area contributed by atoms with Gasteiger partial charge < -0.3 is 14.4 Å². The van der Waals surface area contributed by atoms with Gasteiger partial charge in [0.25, 0.3) is 5.91 Å². The van der Waals surface area contributed by atoms with Crippen LogP contribution in [-0.2, 0) is 15.9 Å². The van der Waals surface area contributed by atoms with Crippen molar-refractivity contribution in [1.82, 2.24) is 4.90 Å². The molecule has 0 unspecified atom stereocenters. The van der Waals surface area contributed by atoms with Crippen LogP contribution in [0.3, 0.4) is 0 Å². The van der Waals surface area contributed by atoms with E-state index in [4.69, 9.17) is 14.7 Å². The second kappa shape index (κ2) is 9.08. The van der Waals surface area contributed by atoms with E-state index < -0.39 is 0 Å². The number of benzene rings is 1. The number of hydrogen-bond acceptors (Lipinski definition) is 4. The predicted octanol–water partition coefficient (Wildman–Crippen LogP) is 1.49. The van der Waals surface area contributed by atoms with Crippen molar-refractivity contribution >= 4 is 5.91 Å². The summed E-state index contributed by atoms with van der Waals surface area (Å²) in [6.07, 6.45) is 0.353. The van der Waals surface area contributed by atoms with Gasteiger partial charge in [-0.15, -0.1) is 0 Å². The minimum absolute atomic E-state index is 0.0531. The quantitative estimate of drug-likeness (QED) is 0.721. The molecular formula is C15H20N2O3. The fraction of sp³-hybridized carbons (Fsp3) is 0.467. The Labute approximate surface area is 119 Å². The van der Waals surface area contributed by atoms with Crippen LogP contribution in [0.5, 0.6) is 0 Å². The molecule has 5 nitrogen and oxygen atoms in total. The molecule has 0 N–H and O–H groups in total. The molecule has 5 heteroatoms. The lowest BCUT2D eigenvalue weighted by Gasteiger charge is -2.22. The van der Waals surface area contributed by atoms with Gasteiger partial charge in [-0.2, -0.15) is 5.26 Å². The van der Waals surface area contributed by atoms with Crippen molar-refractivity contribution in [3.63, 3.8) is 0 Å². The van der Waals surface area contributed by atoms with E-state index in [1.807, 2.05) is 0 Å². The molecular weight excluding hydrogens is 256 g/mol. The molecule has 0 aliphatic rings. The number of methoxy groups -OCH3 is 2. The van der Waals surface area contributed by atoms with Crippen LogP contribution in [-0.4, -0.2) is 51.3 Å². The Kier molecular flexibility index (Phi) is 7.33. The molecule has 0 saturated carbocycles. The average Bonchev–Trinajstić information content (AvgIpc) is 2.48. The Morgan fingerprint density at radius 3 is 2.15 bits per heavy atom. The summed E-state index contributed by atoms with van der Waals surface area (Å²) in [7, 11) is 3.21. The summed E-state index contributed by atoms with van der Waals surface area (Å²) < 4.78 is 10.0. The summed E-state index contributed by atoms with van der Waals surface area (Å²) in [5, 5.41) is 8.63. The van der Waals surface area contributed by atoms with Gasteiger partial charge in [0.05, 0.1) is 25.7 Å². The van der Waals surface area contributed by atoms with Gasteiger partial charge in [-0.05, 0) is 17.7 Å². The lowest BCUT2D eigenvalue weighted by molar-refractivity contribution is 0.0627. The summed E-state index contributed by atoms with van der Waals surface area (Å²) in [5.74, 6) is -0.0531. The summed E-state index contributed by atoms with van der Waals surface area (Å²) >= 11 is 0. The predicted molar refractivity (Wildman–Crippen MR) is 75.4 cm³/mol. The third-order valence-corrected chi connectivity index (χ3v) is 2.90. The number of carbonyl (C=O) groups is 1. The summed E-state index contributed by atoms with van der Waals surface area (Å²) in [6.45, 7) is 2.03. The van der Waals surface area contributed by atoms with Gasteiger partial charge in [0.1, 0.15) is 0 Å². The zero-order chi connectivity index (χ0) is 14.8. The molecule has 0 aromatic heterocycles. The van der Waals surface area contributed by atoms with E-state index in [2.05, 4.69) is 6.07 Å². The molecule has 0 heterocycles. The van der Waals surface area contributed by atoms with Crippen LogP contribution < -0.4 is 0 Å². The van der Waals surface area contributed by atoms with E-state index in [-0.39, 0.29) is 5.91 Å². The highest BCUT2D eigenvalue weighted by Gasteiger charge is 2.15. The van der Waals surface area contributed by atoms with Gasteiger partial charge in [0.15, 0.2) is 0 Å². The van der Waals surface area contributed by atoms with Crippen LogP contribution in [0.1, 0.15) is 15.9 Å². The number of carbonyl (C=O) groups excluding carboxylic acids is 1. The molecule has 0 aliphatic carbocycles. The lowest BCUT2D eigenvalue weighted by atomic mass is 10.1. The highest BCUT2D eigenvalue weighted by molar-refractivity contribution is 5.94. The molecule has 0 atom stereocenters. The van der Waals surface area contributed by atoms with Crippen LogP contribution in [0, 0.1) is 11.3 Å². The Balaban J connectivity index is 2.74. The highest BCUT2D eigenvalue weighted by Crippen LogP contribution is 2.08. The molecule has 0 fully saturated rings. The summed E-state index contributed by atoms with van der Waals surface area (Å²) in [4.78, 5) is 14.1.